The van der Waals surface area contributed by atoms with E-state index in [-0.39, 0.29) is 28.3 Å². The first-order valence-corrected chi connectivity index (χ1v) is 10.0. The highest BCUT2D eigenvalue weighted by molar-refractivity contribution is 6.30. The van der Waals surface area contributed by atoms with Crippen molar-refractivity contribution in [1.82, 2.24) is 4.90 Å². The van der Waals surface area contributed by atoms with Gasteiger partial charge in [0.2, 0.25) is 5.91 Å². The molecule has 0 heterocycles. The van der Waals surface area contributed by atoms with Crippen molar-refractivity contribution >= 4 is 35.3 Å². The van der Waals surface area contributed by atoms with Crippen LogP contribution in [0.2, 0.25) is 5.02 Å². The molecule has 30 heavy (non-hydrogen) atoms. The van der Waals surface area contributed by atoms with Gasteiger partial charge in [0.1, 0.15) is 11.5 Å². The summed E-state index contributed by atoms with van der Waals surface area (Å²) in [5, 5.41) is 3.01. The quantitative estimate of drug-likeness (QED) is 0.491. The molecule has 1 N–H and O–H groups in total. The van der Waals surface area contributed by atoms with E-state index < -0.39 is 12.1 Å². The van der Waals surface area contributed by atoms with Crippen LogP contribution in [0.3, 0.4) is 0 Å². The normalized spacial score (nSPS) is 10.5. The van der Waals surface area contributed by atoms with Crippen LogP contribution in [0.5, 0.6) is 11.5 Å². The van der Waals surface area contributed by atoms with Crippen LogP contribution < -0.4 is 14.8 Å². The van der Waals surface area contributed by atoms with E-state index in [1.54, 1.807) is 38.1 Å². The van der Waals surface area contributed by atoms with Gasteiger partial charge < -0.3 is 19.7 Å². The minimum atomic E-state index is -0.611. The third kappa shape index (κ3) is 6.49. The molecule has 160 valence electrons. The number of benzene rings is 2. The SMILES string of the molecule is CCN(CC)C(=O)Oc1cc(Cl)cc(OC(=O)c2ccc(NC(=O)C(C)C)cc2)c1. The lowest BCUT2D eigenvalue weighted by atomic mass is 10.1. The van der Waals surface area contributed by atoms with Gasteiger partial charge in [-0.05, 0) is 50.2 Å². The zero-order valence-electron chi connectivity index (χ0n) is 17.4. The number of esters is 1. The van der Waals surface area contributed by atoms with Crippen LogP contribution in [0.15, 0.2) is 42.5 Å². The number of amides is 2. The molecule has 2 amide bonds. The van der Waals surface area contributed by atoms with Gasteiger partial charge in [-0.25, -0.2) is 9.59 Å². The highest BCUT2D eigenvalue weighted by Crippen LogP contribution is 2.27. The Hall–Kier alpha value is -3.06. The maximum Gasteiger partial charge on any atom is 0.415 e. The second kappa shape index (κ2) is 10.6. The molecular formula is C22H25ClN2O5. The molecule has 0 atom stereocenters. The predicted octanol–water partition coefficient (Wildman–Crippen LogP) is 4.99. The van der Waals surface area contributed by atoms with Crippen LogP contribution in [0.1, 0.15) is 38.1 Å². The van der Waals surface area contributed by atoms with Gasteiger partial charge >= 0.3 is 12.1 Å². The van der Waals surface area contributed by atoms with E-state index >= 15 is 0 Å². The fourth-order valence-electron chi connectivity index (χ4n) is 2.44. The minimum Gasteiger partial charge on any atom is -0.423 e. The van der Waals surface area contributed by atoms with Crippen molar-refractivity contribution < 1.29 is 23.9 Å². The van der Waals surface area contributed by atoms with Crippen molar-refractivity contribution in [2.24, 2.45) is 5.92 Å². The average molecular weight is 433 g/mol. The molecule has 0 aliphatic heterocycles. The van der Waals surface area contributed by atoms with Crippen LogP contribution in [0.25, 0.3) is 0 Å². The monoisotopic (exact) mass is 432 g/mol. The lowest BCUT2D eigenvalue weighted by Gasteiger charge is -2.18. The summed E-state index contributed by atoms with van der Waals surface area (Å²) in [6.07, 6.45) is -0.515. The molecule has 0 fully saturated rings. The summed E-state index contributed by atoms with van der Waals surface area (Å²) in [5.74, 6) is -0.556. The number of nitrogens with zero attached hydrogens (tertiary/aromatic N) is 1. The molecule has 2 rings (SSSR count). The standard InChI is InChI=1S/C22H25ClN2O5/c1-5-25(6-2)22(28)30-19-12-16(23)11-18(13-19)29-21(27)15-7-9-17(10-8-15)24-20(26)14(3)4/h7-14H,5-6H2,1-4H3,(H,24,26). The lowest BCUT2D eigenvalue weighted by Crippen LogP contribution is -2.33. The summed E-state index contributed by atoms with van der Waals surface area (Å²) < 4.78 is 10.7. The zero-order chi connectivity index (χ0) is 22.3. The van der Waals surface area contributed by atoms with E-state index in [4.69, 9.17) is 21.1 Å². The van der Waals surface area contributed by atoms with Gasteiger partial charge in [-0.2, -0.15) is 0 Å². The molecule has 0 aromatic heterocycles. The lowest BCUT2D eigenvalue weighted by molar-refractivity contribution is -0.118. The summed E-state index contributed by atoms with van der Waals surface area (Å²) in [5.41, 5.74) is 0.873. The molecule has 8 heteroatoms. The number of hydrogen-bond acceptors (Lipinski definition) is 5. The van der Waals surface area contributed by atoms with Crippen molar-refractivity contribution in [2.45, 2.75) is 27.7 Å². The largest absolute Gasteiger partial charge is 0.423 e. The minimum absolute atomic E-state index is 0.115. The second-order valence-electron chi connectivity index (χ2n) is 6.77. The van der Waals surface area contributed by atoms with Crippen molar-refractivity contribution in [1.29, 1.82) is 0 Å². The van der Waals surface area contributed by atoms with Crippen LogP contribution in [0, 0.1) is 5.92 Å². The Labute approximate surface area is 180 Å². The van der Waals surface area contributed by atoms with Crippen molar-refractivity contribution in [3.05, 3.63) is 53.1 Å². The topological polar surface area (TPSA) is 84.9 Å². The van der Waals surface area contributed by atoms with E-state index in [9.17, 15) is 14.4 Å². The number of rotatable bonds is 7. The van der Waals surface area contributed by atoms with Gasteiger partial charge in [0.25, 0.3) is 0 Å². The summed E-state index contributed by atoms with van der Waals surface area (Å²) in [6.45, 7) is 8.28. The third-order valence-corrected chi connectivity index (χ3v) is 4.41. The van der Waals surface area contributed by atoms with Gasteiger partial charge in [0, 0.05) is 35.8 Å². The number of halogens is 1. The van der Waals surface area contributed by atoms with Gasteiger partial charge in [-0.1, -0.05) is 25.4 Å². The van der Waals surface area contributed by atoms with Gasteiger partial charge in [-0.3, -0.25) is 4.79 Å². The summed E-state index contributed by atoms with van der Waals surface area (Å²) in [7, 11) is 0. The highest BCUT2D eigenvalue weighted by Gasteiger charge is 2.15. The number of carbonyl (C=O) groups excluding carboxylic acids is 3. The molecule has 0 aliphatic rings. The molecule has 2 aromatic rings. The maximum atomic E-state index is 12.4. The Morgan fingerprint density at radius 3 is 2.07 bits per heavy atom. The Morgan fingerprint density at radius 1 is 0.967 bits per heavy atom. The van der Waals surface area contributed by atoms with Gasteiger partial charge in [-0.15, -0.1) is 0 Å². The Morgan fingerprint density at radius 2 is 1.53 bits per heavy atom. The number of nitrogens with one attached hydrogen (secondary N) is 1. The van der Waals surface area contributed by atoms with E-state index in [2.05, 4.69) is 5.32 Å². The summed E-state index contributed by atoms with van der Waals surface area (Å²) >= 11 is 6.07. The van der Waals surface area contributed by atoms with Crippen LogP contribution in [-0.4, -0.2) is 36.0 Å². The van der Waals surface area contributed by atoms with Crippen LogP contribution in [0.4, 0.5) is 10.5 Å². The summed E-state index contributed by atoms with van der Waals surface area (Å²) in [4.78, 5) is 37.8. The number of anilines is 1. The molecule has 7 nitrogen and oxygen atoms in total. The van der Waals surface area contributed by atoms with Crippen molar-refractivity contribution in [3.8, 4) is 11.5 Å². The first kappa shape index (κ1) is 23.2. The maximum absolute atomic E-state index is 12.4. The van der Waals surface area contributed by atoms with E-state index in [0.717, 1.165) is 0 Å². The Bertz CT molecular complexity index is 908. The van der Waals surface area contributed by atoms with E-state index in [1.807, 2.05) is 13.8 Å². The Balaban J connectivity index is 2.08. The predicted molar refractivity (Wildman–Crippen MR) is 115 cm³/mol. The molecule has 0 saturated heterocycles. The number of ether oxygens (including phenoxy) is 2. The summed E-state index contributed by atoms with van der Waals surface area (Å²) in [6, 6.07) is 10.7. The van der Waals surface area contributed by atoms with E-state index in [1.165, 1.54) is 23.1 Å². The first-order valence-electron chi connectivity index (χ1n) is 9.63. The highest BCUT2D eigenvalue weighted by atomic mass is 35.5. The van der Waals surface area contributed by atoms with Crippen molar-refractivity contribution in [2.75, 3.05) is 18.4 Å². The van der Waals surface area contributed by atoms with Crippen LogP contribution >= 0.6 is 11.6 Å². The van der Waals surface area contributed by atoms with Gasteiger partial charge in [0.15, 0.2) is 0 Å². The molecule has 0 spiro atoms. The van der Waals surface area contributed by atoms with Crippen molar-refractivity contribution in [3.63, 3.8) is 0 Å². The number of carbonyl (C=O) groups is 3. The number of hydrogen-bond donors (Lipinski definition) is 1. The fourth-order valence-corrected chi connectivity index (χ4v) is 2.66. The third-order valence-electron chi connectivity index (χ3n) is 4.19. The van der Waals surface area contributed by atoms with Crippen LogP contribution in [-0.2, 0) is 4.79 Å². The molecule has 0 saturated carbocycles. The van der Waals surface area contributed by atoms with Gasteiger partial charge in [0.05, 0.1) is 5.56 Å². The fraction of sp³-hybridized carbons (Fsp3) is 0.318. The Kier molecular flexibility index (Phi) is 8.24. The van der Waals surface area contributed by atoms with E-state index in [0.29, 0.717) is 24.3 Å². The average Bonchev–Trinajstić information content (AvgIpc) is 2.68. The zero-order valence-corrected chi connectivity index (χ0v) is 18.2. The first-order chi connectivity index (χ1) is 14.2. The second-order valence-corrected chi connectivity index (χ2v) is 7.21. The molecule has 0 bridgehead atoms. The molecule has 0 unspecified atom stereocenters. The smallest absolute Gasteiger partial charge is 0.415 e. The molecule has 0 radical (unpaired) electrons. The molecular weight excluding hydrogens is 408 g/mol. The molecule has 0 aliphatic carbocycles. The molecule has 2 aromatic carbocycles.